The molecule has 1 N–H and O–H groups in total. The van der Waals surface area contributed by atoms with Gasteiger partial charge in [0.2, 0.25) is 0 Å². The molecule has 0 radical (unpaired) electrons. The molecule has 0 rings (SSSR count). The van der Waals surface area contributed by atoms with Crippen LogP contribution in [0.3, 0.4) is 0 Å². The van der Waals surface area contributed by atoms with Crippen LogP contribution >= 0.6 is 0 Å². The van der Waals surface area contributed by atoms with E-state index in [2.05, 4.69) is 25.7 Å². The molecule has 0 heterocycles. The minimum atomic E-state index is 1.07. The van der Waals surface area contributed by atoms with E-state index in [9.17, 15) is 0 Å². The average molecular weight is 197 g/mol. The van der Waals surface area contributed by atoms with Crippen molar-refractivity contribution in [1.29, 1.82) is 0 Å². The summed E-state index contributed by atoms with van der Waals surface area (Å²) in [5.74, 6) is 0. The summed E-state index contributed by atoms with van der Waals surface area (Å²) in [5.41, 5.74) is 2.71. The summed E-state index contributed by atoms with van der Waals surface area (Å²) in [7, 11) is 1.98. The molecule has 0 bridgehead atoms. The highest BCUT2D eigenvalue weighted by Crippen LogP contribution is 2.13. The lowest BCUT2D eigenvalue weighted by Gasteiger charge is -2.09. The summed E-state index contributed by atoms with van der Waals surface area (Å²) in [4.78, 5) is 0. The standard InChI is InChI=1S/C11H21N.C2H6/c1-5-8-9-10(6-2)11(7-3)12-4;1-2/h6,12H,2,5,7-9H2,1,3-4H3;1-2H3/b11-10+;. The predicted molar refractivity (Wildman–Crippen MR) is 67.4 cm³/mol. The monoisotopic (exact) mass is 197 g/mol. The van der Waals surface area contributed by atoms with Crippen LogP contribution in [0, 0.1) is 0 Å². The van der Waals surface area contributed by atoms with Crippen LogP contribution in [0.4, 0.5) is 0 Å². The van der Waals surface area contributed by atoms with Crippen molar-refractivity contribution in [2.75, 3.05) is 7.05 Å². The molecule has 0 saturated carbocycles. The van der Waals surface area contributed by atoms with Gasteiger partial charge in [0.1, 0.15) is 0 Å². The molecule has 0 amide bonds. The minimum Gasteiger partial charge on any atom is -0.391 e. The zero-order chi connectivity index (χ0) is 11.4. The Morgan fingerprint density at radius 1 is 1.29 bits per heavy atom. The summed E-state index contributed by atoms with van der Waals surface area (Å²) in [6, 6.07) is 0. The normalized spacial score (nSPS) is 10.9. The maximum absolute atomic E-state index is 3.83. The van der Waals surface area contributed by atoms with E-state index in [0.29, 0.717) is 0 Å². The second kappa shape index (κ2) is 12.3. The Kier molecular flexibility index (Phi) is 13.8. The molecular formula is C13H27N. The number of rotatable bonds is 6. The van der Waals surface area contributed by atoms with Crippen molar-refractivity contribution in [1.82, 2.24) is 5.32 Å². The number of hydrogen-bond acceptors (Lipinski definition) is 1. The first-order valence-corrected chi connectivity index (χ1v) is 5.82. The molecule has 0 fully saturated rings. The van der Waals surface area contributed by atoms with Gasteiger partial charge in [-0.2, -0.15) is 0 Å². The van der Waals surface area contributed by atoms with Crippen LogP contribution in [0.1, 0.15) is 53.4 Å². The lowest BCUT2D eigenvalue weighted by molar-refractivity contribution is 0.769. The molecule has 0 saturated heterocycles. The quantitative estimate of drug-likeness (QED) is 0.627. The Hall–Kier alpha value is -0.720. The number of hydrogen-bond donors (Lipinski definition) is 1. The maximum Gasteiger partial charge on any atom is 0.0134 e. The van der Waals surface area contributed by atoms with Gasteiger partial charge in [-0.15, -0.1) is 0 Å². The molecule has 1 nitrogen and oxygen atoms in total. The fourth-order valence-electron chi connectivity index (χ4n) is 1.31. The first-order valence-electron chi connectivity index (χ1n) is 5.82. The Balaban J connectivity index is 0. The van der Waals surface area contributed by atoms with E-state index in [4.69, 9.17) is 0 Å². The average Bonchev–Trinajstić information content (AvgIpc) is 2.27. The lowest BCUT2D eigenvalue weighted by atomic mass is 10.1. The summed E-state index contributed by atoms with van der Waals surface area (Å²) >= 11 is 0. The minimum absolute atomic E-state index is 1.07. The molecule has 84 valence electrons. The van der Waals surface area contributed by atoms with Crippen LogP contribution in [0.5, 0.6) is 0 Å². The summed E-state index contributed by atoms with van der Waals surface area (Å²) in [6.45, 7) is 12.2. The van der Waals surface area contributed by atoms with Crippen LogP contribution < -0.4 is 5.32 Å². The molecule has 0 spiro atoms. The third kappa shape index (κ3) is 6.76. The highest BCUT2D eigenvalue weighted by Gasteiger charge is 1.98. The molecule has 0 aliphatic heterocycles. The first-order chi connectivity index (χ1) is 6.79. The maximum atomic E-state index is 3.83. The largest absolute Gasteiger partial charge is 0.391 e. The third-order valence-corrected chi connectivity index (χ3v) is 2.09. The molecule has 14 heavy (non-hydrogen) atoms. The fourth-order valence-corrected chi connectivity index (χ4v) is 1.31. The third-order valence-electron chi connectivity index (χ3n) is 2.09. The molecular weight excluding hydrogens is 170 g/mol. The molecule has 0 aromatic rings. The predicted octanol–water partition coefficient (Wildman–Crippen LogP) is 4.27. The Morgan fingerprint density at radius 2 is 1.86 bits per heavy atom. The van der Waals surface area contributed by atoms with Gasteiger partial charge in [0.15, 0.2) is 0 Å². The number of unbranched alkanes of at least 4 members (excludes halogenated alkanes) is 1. The van der Waals surface area contributed by atoms with Gasteiger partial charge in [-0.1, -0.05) is 46.8 Å². The van der Waals surface area contributed by atoms with Crippen molar-refractivity contribution in [3.05, 3.63) is 23.9 Å². The van der Waals surface area contributed by atoms with E-state index < -0.39 is 0 Å². The Labute approximate surface area is 90.3 Å². The molecule has 0 aliphatic rings. The van der Waals surface area contributed by atoms with Crippen LogP contribution in [-0.2, 0) is 0 Å². The van der Waals surface area contributed by atoms with Crippen molar-refractivity contribution in [3.8, 4) is 0 Å². The van der Waals surface area contributed by atoms with Crippen molar-refractivity contribution < 1.29 is 0 Å². The lowest BCUT2D eigenvalue weighted by Crippen LogP contribution is -2.07. The Bertz CT molecular complexity index is 151. The topological polar surface area (TPSA) is 12.0 Å². The Morgan fingerprint density at radius 3 is 2.14 bits per heavy atom. The van der Waals surface area contributed by atoms with Crippen LogP contribution in [0.2, 0.25) is 0 Å². The van der Waals surface area contributed by atoms with E-state index in [-0.39, 0.29) is 0 Å². The molecule has 0 atom stereocenters. The van der Waals surface area contributed by atoms with E-state index in [1.54, 1.807) is 0 Å². The molecule has 0 aromatic carbocycles. The second-order valence-corrected chi connectivity index (χ2v) is 2.92. The van der Waals surface area contributed by atoms with Gasteiger partial charge in [0, 0.05) is 12.7 Å². The van der Waals surface area contributed by atoms with Crippen LogP contribution in [0.25, 0.3) is 0 Å². The van der Waals surface area contributed by atoms with Gasteiger partial charge < -0.3 is 5.32 Å². The van der Waals surface area contributed by atoms with Gasteiger partial charge >= 0.3 is 0 Å². The van der Waals surface area contributed by atoms with Gasteiger partial charge in [-0.25, -0.2) is 0 Å². The zero-order valence-corrected chi connectivity index (χ0v) is 10.6. The van der Waals surface area contributed by atoms with Crippen LogP contribution in [-0.4, -0.2) is 7.05 Å². The van der Waals surface area contributed by atoms with Gasteiger partial charge in [-0.3, -0.25) is 0 Å². The van der Waals surface area contributed by atoms with Crippen molar-refractivity contribution in [2.24, 2.45) is 0 Å². The fraction of sp³-hybridized carbons (Fsp3) is 0.692. The van der Waals surface area contributed by atoms with E-state index in [1.807, 2.05) is 27.0 Å². The number of allylic oxidation sites excluding steroid dienone is 3. The van der Waals surface area contributed by atoms with E-state index in [0.717, 1.165) is 12.8 Å². The zero-order valence-electron chi connectivity index (χ0n) is 10.6. The molecule has 0 unspecified atom stereocenters. The number of nitrogens with one attached hydrogen (secondary N) is 1. The SMILES string of the molecule is C=C/C(CCCC)=C(/CC)NC.CC. The van der Waals surface area contributed by atoms with Crippen molar-refractivity contribution >= 4 is 0 Å². The van der Waals surface area contributed by atoms with Crippen LogP contribution in [0.15, 0.2) is 23.9 Å². The van der Waals surface area contributed by atoms with Gasteiger partial charge in [-0.05, 0) is 24.8 Å². The highest BCUT2D eigenvalue weighted by atomic mass is 14.8. The summed E-state index contributed by atoms with van der Waals surface area (Å²) in [6.07, 6.45) is 6.71. The molecule has 0 aromatic heterocycles. The van der Waals surface area contributed by atoms with Gasteiger partial charge in [0.05, 0.1) is 0 Å². The smallest absolute Gasteiger partial charge is 0.0134 e. The first kappa shape index (κ1) is 15.7. The van der Waals surface area contributed by atoms with Crippen molar-refractivity contribution in [2.45, 2.75) is 53.4 Å². The van der Waals surface area contributed by atoms with E-state index >= 15 is 0 Å². The molecule has 1 heteroatoms. The molecule has 0 aliphatic carbocycles. The second-order valence-electron chi connectivity index (χ2n) is 2.92. The van der Waals surface area contributed by atoms with Crippen molar-refractivity contribution in [3.63, 3.8) is 0 Å². The summed E-state index contributed by atoms with van der Waals surface area (Å²) in [5, 5.41) is 3.22. The van der Waals surface area contributed by atoms with Gasteiger partial charge in [0.25, 0.3) is 0 Å². The van der Waals surface area contributed by atoms with E-state index in [1.165, 1.54) is 24.1 Å². The highest BCUT2D eigenvalue weighted by molar-refractivity contribution is 5.22. The summed E-state index contributed by atoms with van der Waals surface area (Å²) < 4.78 is 0.